The third-order valence-electron chi connectivity index (χ3n) is 2.98. The van der Waals surface area contributed by atoms with Gasteiger partial charge in [-0.25, -0.2) is 15.0 Å². The largest absolute Gasteiger partial charge is 0.382 e. The van der Waals surface area contributed by atoms with Crippen LogP contribution in [0.1, 0.15) is 12.5 Å². The Kier molecular flexibility index (Phi) is 2.35. The number of imidazole rings is 1. The zero-order chi connectivity index (χ0) is 12.5. The van der Waals surface area contributed by atoms with Crippen LogP contribution in [0.15, 0.2) is 29.9 Å². The lowest BCUT2D eigenvalue weighted by atomic mass is 10.2. The summed E-state index contributed by atoms with van der Waals surface area (Å²) in [6.07, 6.45) is 7.68. The Morgan fingerprint density at radius 2 is 2.28 bits per heavy atom. The lowest BCUT2D eigenvalue weighted by molar-refractivity contribution is 0.568. The van der Waals surface area contributed by atoms with Gasteiger partial charge in [0.15, 0.2) is 11.5 Å². The Hall–Kier alpha value is -2.60. The first kappa shape index (κ1) is 10.5. The van der Waals surface area contributed by atoms with Gasteiger partial charge in [-0.1, -0.05) is 17.3 Å². The van der Waals surface area contributed by atoms with Crippen molar-refractivity contribution < 1.29 is 0 Å². The first-order chi connectivity index (χ1) is 8.79. The van der Waals surface area contributed by atoms with Crippen molar-refractivity contribution in [1.82, 2.24) is 19.5 Å². The highest BCUT2D eigenvalue weighted by Gasteiger charge is 2.21. The summed E-state index contributed by atoms with van der Waals surface area (Å²) in [6.45, 7) is 0. The molecule has 8 nitrogen and oxygen atoms in total. The van der Waals surface area contributed by atoms with Gasteiger partial charge in [-0.3, -0.25) is 0 Å². The molecule has 2 unspecified atom stereocenters. The predicted molar refractivity (Wildman–Crippen MR) is 65.5 cm³/mol. The zero-order valence-electron chi connectivity index (χ0n) is 9.38. The minimum atomic E-state index is -0.114. The SMILES string of the molecule is [N-]=[N+]=NC1C=CC(n2cnc3c(N)ncnc32)C1. The number of fused-ring (bicyclic) bond motifs is 1. The molecular weight excluding hydrogens is 232 g/mol. The third kappa shape index (κ3) is 1.56. The maximum absolute atomic E-state index is 8.42. The molecule has 2 heterocycles. The van der Waals surface area contributed by atoms with Crippen molar-refractivity contribution in [3.05, 3.63) is 35.2 Å². The van der Waals surface area contributed by atoms with E-state index in [0.717, 1.165) is 0 Å². The Morgan fingerprint density at radius 3 is 3.11 bits per heavy atom. The number of azide groups is 1. The van der Waals surface area contributed by atoms with E-state index in [0.29, 0.717) is 23.4 Å². The summed E-state index contributed by atoms with van der Waals surface area (Å²) < 4.78 is 1.91. The number of nitrogen functional groups attached to an aromatic ring is 1. The maximum atomic E-state index is 8.42. The summed E-state index contributed by atoms with van der Waals surface area (Å²) in [5.41, 5.74) is 15.4. The van der Waals surface area contributed by atoms with Crippen molar-refractivity contribution >= 4 is 17.0 Å². The quantitative estimate of drug-likeness (QED) is 0.372. The van der Waals surface area contributed by atoms with Crippen LogP contribution < -0.4 is 5.73 Å². The van der Waals surface area contributed by atoms with Crippen molar-refractivity contribution in [2.24, 2.45) is 5.11 Å². The average molecular weight is 242 g/mol. The molecule has 2 aromatic rings. The summed E-state index contributed by atoms with van der Waals surface area (Å²) >= 11 is 0. The van der Waals surface area contributed by atoms with Gasteiger partial charge in [0.2, 0.25) is 0 Å². The van der Waals surface area contributed by atoms with Crippen LogP contribution in [0.3, 0.4) is 0 Å². The van der Waals surface area contributed by atoms with Crippen LogP contribution in [0.5, 0.6) is 0 Å². The molecule has 2 N–H and O–H groups in total. The van der Waals surface area contributed by atoms with Gasteiger partial charge in [0.05, 0.1) is 18.4 Å². The Balaban J connectivity index is 1.99. The molecule has 0 aromatic carbocycles. The van der Waals surface area contributed by atoms with Crippen molar-refractivity contribution in [1.29, 1.82) is 0 Å². The fourth-order valence-corrected chi connectivity index (χ4v) is 2.13. The highest BCUT2D eigenvalue weighted by molar-refractivity contribution is 5.81. The van der Waals surface area contributed by atoms with E-state index in [1.807, 2.05) is 16.7 Å². The lowest BCUT2D eigenvalue weighted by Crippen LogP contribution is -2.07. The van der Waals surface area contributed by atoms with E-state index in [4.69, 9.17) is 11.3 Å². The monoisotopic (exact) mass is 242 g/mol. The van der Waals surface area contributed by atoms with Crippen LogP contribution in [0.25, 0.3) is 21.6 Å². The lowest BCUT2D eigenvalue weighted by Gasteiger charge is -2.11. The Bertz CT molecular complexity index is 666. The van der Waals surface area contributed by atoms with Crippen molar-refractivity contribution in [3.8, 4) is 0 Å². The number of hydrogen-bond acceptors (Lipinski definition) is 5. The normalized spacial score (nSPS) is 22.2. The minimum absolute atomic E-state index is 0.0831. The summed E-state index contributed by atoms with van der Waals surface area (Å²) in [5.74, 6) is 0.368. The van der Waals surface area contributed by atoms with E-state index in [1.165, 1.54) is 6.33 Å². The third-order valence-corrected chi connectivity index (χ3v) is 2.98. The summed E-state index contributed by atoms with van der Waals surface area (Å²) in [6, 6.07) is -0.0311. The van der Waals surface area contributed by atoms with Crippen LogP contribution >= 0.6 is 0 Å². The van der Waals surface area contributed by atoms with E-state index < -0.39 is 0 Å². The molecule has 0 radical (unpaired) electrons. The molecule has 0 amide bonds. The van der Waals surface area contributed by atoms with E-state index >= 15 is 0 Å². The Morgan fingerprint density at radius 1 is 1.39 bits per heavy atom. The van der Waals surface area contributed by atoms with Crippen LogP contribution in [-0.2, 0) is 0 Å². The van der Waals surface area contributed by atoms with Crippen molar-refractivity contribution in [2.75, 3.05) is 5.73 Å². The zero-order valence-corrected chi connectivity index (χ0v) is 9.38. The maximum Gasteiger partial charge on any atom is 0.165 e. The predicted octanol–water partition coefficient (Wildman–Crippen LogP) is 1.59. The molecule has 18 heavy (non-hydrogen) atoms. The van der Waals surface area contributed by atoms with Gasteiger partial charge in [0.25, 0.3) is 0 Å². The number of allylic oxidation sites excluding steroid dienone is 1. The fourth-order valence-electron chi connectivity index (χ4n) is 2.13. The molecule has 0 saturated carbocycles. The summed E-state index contributed by atoms with van der Waals surface area (Å²) in [5, 5.41) is 3.68. The molecule has 8 heteroatoms. The standard InChI is InChI=1S/C10H10N8/c11-9-8-10(14-4-13-9)18(5-15-8)7-2-1-6(3-7)16-17-12/h1-2,4-7H,3H2,(H2,11,13,14). The van der Waals surface area contributed by atoms with Crippen LogP contribution in [0, 0.1) is 0 Å². The molecule has 0 bridgehead atoms. The van der Waals surface area contributed by atoms with Gasteiger partial charge in [-0.15, -0.1) is 0 Å². The topological polar surface area (TPSA) is 118 Å². The van der Waals surface area contributed by atoms with Gasteiger partial charge in [-0.05, 0) is 12.0 Å². The number of nitrogens with two attached hydrogens (primary N) is 1. The number of anilines is 1. The number of aromatic nitrogens is 4. The average Bonchev–Trinajstić information content (AvgIpc) is 2.96. The smallest absolute Gasteiger partial charge is 0.165 e. The second-order valence-electron chi connectivity index (χ2n) is 4.04. The van der Waals surface area contributed by atoms with Gasteiger partial charge < -0.3 is 10.3 Å². The minimum Gasteiger partial charge on any atom is -0.382 e. The molecule has 1 aliphatic carbocycles. The summed E-state index contributed by atoms with van der Waals surface area (Å²) in [4.78, 5) is 15.1. The van der Waals surface area contributed by atoms with Crippen LogP contribution in [0.2, 0.25) is 0 Å². The van der Waals surface area contributed by atoms with Crippen molar-refractivity contribution in [3.63, 3.8) is 0 Å². The highest BCUT2D eigenvalue weighted by atomic mass is 15.2. The number of rotatable bonds is 2. The Labute approximate surface area is 102 Å². The molecule has 2 atom stereocenters. The molecule has 0 spiro atoms. The first-order valence-electron chi connectivity index (χ1n) is 5.45. The molecule has 3 rings (SSSR count). The van der Waals surface area contributed by atoms with Crippen LogP contribution in [0.4, 0.5) is 5.82 Å². The van der Waals surface area contributed by atoms with E-state index in [-0.39, 0.29) is 12.1 Å². The summed E-state index contributed by atoms with van der Waals surface area (Å²) in [7, 11) is 0. The van der Waals surface area contributed by atoms with E-state index in [1.54, 1.807) is 6.33 Å². The number of nitrogens with zero attached hydrogens (tertiary/aromatic N) is 7. The fraction of sp³-hybridized carbons (Fsp3) is 0.300. The van der Waals surface area contributed by atoms with Gasteiger partial charge in [-0.2, -0.15) is 0 Å². The first-order valence-corrected chi connectivity index (χ1v) is 5.45. The van der Waals surface area contributed by atoms with Crippen LogP contribution in [-0.4, -0.2) is 25.6 Å². The molecule has 0 saturated heterocycles. The highest BCUT2D eigenvalue weighted by Crippen LogP contribution is 2.28. The molecular formula is C10H10N8. The molecule has 0 fully saturated rings. The molecule has 90 valence electrons. The number of hydrogen-bond donors (Lipinski definition) is 1. The molecule has 0 aliphatic heterocycles. The second kappa shape index (κ2) is 4.01. The molecule has 1 aliphatic rings. The second-order valence-corrected chi connectivity index (χ2v) is 4.04. The van der Waals surface area contributed by atoms with Crippen molar-refractivity contribution in [2.45, 2.75) is 18.5 Å². The van der Waals surface area contributed by atoms with Gasteiger partial charge in [0, 0.05) is 4.91 Å². The van der Waals surface area contributed by atoms with Gasteiger partial charge in [0.1, 0.15) is 11.8 Å². The van der Waals surface area contributed by atoms with E-state index in [9.17, 15) is 0 Å². The molecule has 2 aromatic heterocycles. The van der Waals surface area contributed by atoms with E-state index in [2.05, 4.69) is 25.0 Å². The van der Waals surface area contributed by atoms with Gasteiger partial charge >= 0.3 is 0 Å².